The van der Waals surface area contributed by atoms with Gasteiger partial charge < -0.3 is 15.0 Å². The van der Waals surface area contributed by atoms with Crippen LogP contribution in [-0.4, -0.2) is 42.7 Å². The molecule has 31 heavy (non-hydrogen) atoms. The van der Waals surface area contributed by atoms with Crippen molar-refractivity contribution >= 4 is 34.6 Å². The van der Waals surface area contributed by atoms with Gasteiger partial charge in [0.15, 0.2) is 5.78 Å². The van der Waals surface area contributed by atoms with E-state index in [0.717, 1.165) is 48.4 Å². The summed E-state index contributed by atoms with van der Waals surface area (Å²) < 4.78 is 5.20. The molecule has 1 unspecified atom stereocenters. The van der Waals surface area contributed by atoms with Gasteiger partial charge in [0.05, 0.1) is 18.4 Å². The smallest absolute Gasteiger partial charge is 0.227 e. The zero-order valence-electron chi connectivity index (χ0n) is 18.4. The normalized spacial score (nSPS) is 16.1. The van der Waals surface area contributed by atoms with Crippen molar-refractivity contribution < 1.29 is 19.1 Å². The van der Waals surface area contributed by atoms with E-state index >= 15 is 0 Å². The molecule has 166 valence electrons. The number of anilines is 1. The molecule has 1 aliphatic rings. The summed E-state index contributed by atoms with van der Waals surface area (Å²) in [6.07, 6.45) is 3.51. The number of methoxy groups -OCH3 is 1. The Morgan fingerprint density at radius 3 is 2.74 bits per heavy atom. The van der Waals surface area contributed by atoms with Crippen LogP contribution >= 0.6 is 11.3 Å². The first-order valence-electron chi connectivity index (χ1n) is 10.7. The van der Waals surface area contributed by atoms with Crippen molar-refractivity contribution in [3.63, 3.8) is 0 Å². The molecule has 2 amide bonds. The fourth-order valence-corrected chi connectivity index (χ4v) is 4.73. The Kier molecular flexibility index (Phi) is 7.85. The summed E-state index contributed by atoms with van der Waals surface area (Å²) in [7, 11) is 1.62. The van der Waals surface area contributed by atoms with E-state index in [9.17, 15) is 14.4 Å². The van der Waals surface area contributed by atoms with Crippen LogP contribution in [0, 0.1) is 12.8 Å². The summed E-state index contributed by atoms with van der Waals surface area (Å²) in [4.78, 5) is 39.2. The zero-order valence-corrected chi connectivity index (χ0v) is 19.2. The second-order valence-electron chi connectivity index (χ2n) is 8.17. The lowest BCUT2D eigenvalue weighted by Gasteiger charge is -2.33. The molecular weight excluding hydrogens is 412 g/mol. The molecular formula is C24H30N2O4S. The minimum Gasteiger partial charge on any atom is -0.497 e. The maximum atomic E-state index is 12.7. The Labute approximate surface area is 187 Å². The molecule has 1 aromatic heterocycles. The van der Waals surface area contributed by atoms with E-state index in [-0.39, 0.29) is 17.6 Å². The molecule has 1 fully saturated rings. The number of ketones is 1. The summed E-state index contributed by atoms with van der Waals surface area (Å²) in [5, 5.41) is 4.87. The monoisotopic (exact) mass is 442 g/mol. The number of thiophene rings is 1. The average molecular weight is 443 g/mol. The van der Waals surface area contributed by atoms with Gasteiger partial charge in [0.1, 0.15) is 5.75 Å². The van der Waals surface area contributed by atoms with E-state index in [0.29, 0.717) is 30.2 Å². The van der Waals surface area contributed by atoms with E-state index in [2.05, 4.69) is 5.32 Å². The molecule has 6 nitrogen and oxygen atoms in total. The Balaban J connectivity index is 1.47. The predicted molar refractivity (Wildman–Crippen MR) is 123 cm³/mol. The van der Waals surface area contributed by atoms with Gasteiger partial charge >= 0.3 is 0 Å². The molecule has 0 saturated carbocycles. The van der Waals surface area contributed by atoms with E-state index in [1.807, 2.05) is 41.5 Å². The van der Waals surface area contributed by atoms with Gasteiger partial charge in [-0.25, -0.2) is 0 Å². The zero-order chi connectivity index (χ0) is 22.4. The highest BCUT2D eigenvalue weighted by atomic mass is 32.1. The molecule has 2 heterocycles. The van der Waals surface area contributed by atoms with E-state index in [1.165, 1.54) is 11.3 Å². The number of likely N-dealkylation sites (tertiary alicyclic amines) is 1. The highest BCUT2D eigenvalue weighted by molar-refractivity contribution is 7.12. The number of ether oxygens (including phenoxy) is 1. The maximum Gasteiger partial charge on any atom is 0.227 e. The number of carbonyl (C=O) groups is 3. The molecule has 7 heteroatoms. The number of nitrogens with one attached hydrogen (secondary N) is 1. The lowest BCUT2D eigenvalue weighted by molar-refractivity contribution is -0.132. The van der Waals surface area contributed by atoms with Crippen LogP contribution < -0.4 is 10.1 Å². The fraction of sp³-hybridized carbons (Fsp3) is 0.458. The van der Waals surface area contributed by atoms with Crippen LogP contribution in [0.2, 0.25) is 0 Å². The minimum absolute atomic E-state index is 0.00764. The van der Waals surface area contributed by atoms with Gasteiger partial charge in [-0.1, -0.05) is 0 Å². The summed E-state index contributed by atoms with van der Waals surface area (Å²) in [5.41, 5.74) is 2.66. The van der Waals surface area contributed by atoms with Crippen molar-refractivity contribution in [1.29, 1.82) is 0 Å². The SMILES string of the molecule is COc1ccc(NC(=O)CCC2CCCN(C(=O)Cc3csc(C(C)=O)c3)C2)c(C)c1. The second kappa shape index (κ2) is 10.6. The van der Waals surface area contributed by atoms with Crippen molar-refractivity contribution in [2.24, 2.45) is 5.92 Å². The molecule has 0 bridgehead atoms. The third-order valence-corrected chi connectivity index (χ3v) is 6.79. The molecule has 0 aliphatic carbocycles. The molecule has 0 spiro atoms. The highest BCUT2D eigenvalue weighted by Gasteiger charge is 2.24. The number of piperidine rings is 1. The summed E-state index contributed by atoms with van der Waals surface area (Å²) in [6, 6.07) is 7.40. The molecule has 1 aromatic carbocycles. The lowest BCUT2D eigenvalue weighted by atomic mass is 9.93. The largest absolute Gasteiger partial charge is 0.497 e. The van der Waals surface area contributed by atoms with Gasteiger partial charge in [-0.15, -0.1) is 11.3 Å². The van der Waals surface area contributed by atoms with Crippen molar-refractivity contribution in [2.75, 3.05) is 25.5 Å². The first-order valence-corrected chi connectivity index (χ1v) is 11.5. The number of nitrogens with zero attached hydrogens (tertiary/aromatic N) is 1. The van der Waals surface area contributed by atoms with Crippen molar-refractivity contribution in [3.05, 3.63) is 45.6 Å². The van der Waals surface area contributed by atoms with Gasteiger partial charge in [0, 0.05) is 25.2 Å². The molecule has 2 aromatic rings. The van der Waals surface area contributed by atoms with Crippen LogP contribution in [0.4, 0.5) is 5.69 Å². The first-order chi connectivity index (χ1) is 14.9. The van der Waals surface area contributed by atoms with Gasteiger partial charge in [0.25, 0.3) is 0 Å². The van der Waals surface area contributed by atoms with E-state index in [1.54, 1.807) is 14.0 Å². The number of Topliss-reactive ketones (excluding diaryl/α,β-unsaturated/α-hetero) is 1. The molecule has 1 aliphatic heterocycles. The van der Waals surface area contributed by atoms with Crippen LogP contribution in [0.5, 0.6) is 5.75 Å². The molecule has 0 radical (unpaired) electrons. The van der Waals surface area contributed by atoms with Crippen LogP contribution in [0.3, 0.4) is 0 Å². The van der Waals surface area contributed by atoms with E-state index < -0.39 is 0 Å². The van der Waals surface area contributed by atoms with Crippen molar-refractivity contribution in [1.82, 2.24) is 4.90 Å². The van der Waals surface area contributed by atoms with Crippen molar-refractivity contribution in [2.45, 2.75) is 46.0 Å². The minimum atomic E-state index is -0.00764. The molecule has 1 atom stereocenters. The maximum absolute atomic E-state index is 12.7. The van der Waals surface area contributed by atoms with Crippen LogP contribution in [0.25, 0.3) is 0 Å². The van der Waals surface area contributed by atoms with Gasteiger partial charge in [-0.2, -0.15) is 0 Å². The van der Waals surface area contributed by atoms with E-state index in [4.69, 9.17) is 4.74 Å². The Bertz CT molecular complexity index is 953. The number of amides is 2. The topological polar surface area (TPSA) is 75.7 Å². The van der Waals surface area contributed by atoms with Gasteiger partial charge in [-0.3, -0.25) is 14.4 Å². The van der Waals surface area contributed by atoms with Crippen molar-refractivity contribution in [3.8, 4) is 5.75 Å². The summed E-state index contributed by atoms with van der Waals surface area (Å²) in [5.74, 6) is 1.21. The van der Waals surface area contributed by atoms with Crippen LogP contribution in [0.15, 0.2) is 29.6 Å². The lowest BCUT2D eigenvalue weighted by Crippen LogP contribution is -2.40. The Hall–Kier alpha value is -2.67. The fourth-order valence-electron chi connectivity index (χ4n) is 3.92. The van der Waals surface area contributed by atoms with Crippen LogP contribution in [-0.2, 0) is 16.0 Å². The quantitative estimate of drug-likeness (QED) is 0.612. The Morgan fingerprint density at radius 1 is 1.26 bits per heavy atom. The third-order valence-electron chi connectivity index (χ3n) is 5.72. The highest BCUT2D eigenvalue weighted by Crippen LogP contribution is 2.24. The predicted octanol–water partition coefficient (Wildman–Crippen LogP) is 4.47. The molecule has 3 rings (SSSR count). The molecule has 1 saturated heterocycles. The van der Waals surface area contributed by atoms with Gasteiger partial charge in [-0.05, 0) is 79.8 Å². The van der Waals surface area contributed by atoms with Gasteiger partial charge in [0.2, 0.25) is 11.8 Å². The number of aryl methyl sites for hydroxylation is 1. The molecule has 1 N–H and O–H groups in total. The number of hydrogen-bond donors (Lipinski definition) is 1. The standard InChI is InChI=1S/C24H30N2O4S/c1-16-11-20(30-3)7-8-21(16)25-23(28)9-6-18-5-4-10-26(14-18)24(29)13-19-12-22(17(2)27)31-15-19/h7-8,11-12,15,18H,4-6,9-10,13-14H2,1-3H3,(H,25,28). The number of hydrogen-bond acceptors (Lipinski definition) is 5. The number of benzene rings is 1. The summed E-state index contributed by atoms with van der Waals surface area (Å²) in [6.45, 7) is 4.93. The summed E-state index contributed by atoms with van der Waals surface area (Å²) >= 11 is 1.39. The van der Waals surface area contributed by atoms with Crippen LogP contribution in [0.1, 0.15) is 53.4 Å². The first kappa shape index (κ1) is 23.0. The third kappa shape index (κ3) is 6.40. The Morgan fingerprint density at radius 2 is 2.06 bits per heavy atom. The number of rotatable bonds is 8. The number of carbonyl (C=O) groups excluding carboxylic acids is 3. The second-order valence-corrected chi connectivity index (χ2v) is 9.08. The average Bonchev–Trinajstić information content (AvgIpc) is 3.23.